The molecule has 4 heterocycles. The van der Waals surface area contributed by atoms with Gasteiger partial charge in [0, 0.05) is 56.7 Å². The number of anilines is 1. The van der Waals surface area contributed by atoms with Crippen molar-refractivity contribution >= 4 is 11.6 Å². The number of pyridine rings is 1. The standard InChI is InChI=1S/C20H27N5O2/c1-2-18(25-11-3-8-22-25)19(26)23-12-6-20(7-13-23)16-24(14-15-27-20)17-4-9-21-10-5-17/h3-5,8-11,18H,2,6-7,12-16H2,1H3. The van der Waals surface area contributed by atoms with E-state index in [2.05, 4.69) is 15.0 Å². The van der Waals surface area contributed by atoms with Gasteiger partial charge in [0.25, 0.3) is 0 Å². The maximum atomic E-state index is 13.0. The van der Waals surface area contributed by atoms with Crippen molar-refractivity contribution in [2.24, 2.45) is 0 Å². The molecule has 2 aliphatic rings. The van der Waals surface area contributed by atoms with Crippen LogP contribution < -0.4 is 4.90 Å². The molecule has 2 aromatic rings. The Morgan fingerprint density at radius 3 is 2.67 bits per heavy atom. The highest BCUT2D eigenvalue weighted by atomic mass is 16.5. The van der Waals surface area contributed by atoms with Crippen LogP contribution in [0.2, 0.25) is 0 Å². The Labute approximate surface area is 159 Å². The molecule has 1 unspecified atom stereocenters. The average molecular weight is 369 g/mol. The molecule has 0 aromatic carbocycles. The molecule has 2 fully saturated rings. The fourth-order valence-electron chi connectivity index (χ4n) is 4.21. The number of carbonyl (C=O) groups excluding carboxylic acids is 1. The summed E-state index contributed by atoms with van der Waals surface area (Å²) in [5, 5.41) is 4.26. The van der Waals surface area contributed by atoms with Gasteiger partial charge in [-0.25, -0.2) is 0 Å². The number of carbonyl (C=O) groups is 1. The number of hydrogen-bond acceptors (Lipinski definition) is 5. The lowest BCUT2D eigenvalue weighted by Gasteiger charge is -2.48. The number of morpholine rings is 1. The third-order valence-corrected chi connectivity index (χ3v) is 5.78. The van der Waals surface area contributed by atoms with E-state index in [9.17, 15) is 4.79 Å². The maximum Gasteiger partial charge on any atom is 0.247 e. The summed E-state index contributed by atoms with van der Waals surface area (Å²) < 4.78 is 8.01. The molecule has 0 bridgehead atoms. The highest BCUT2D eigenvalue weighted by molar-refractivity contribution is 5.80. The lowest BCUT2D eigenvalue weighted by molar-refractivity contribution is -0.143. The van der Waals surface area contributed by atoms with Crippen molar-refractivity contribution in [1.82, 2.24) is 19.7 Å². The molecule has 0 saturated carbocycles. The fourth-order valence-corrected chi connectivity index (χ4v) is 4.21. The van der Waals surface area contributed by atoms with Gasteiger partial charge in [-0.2, -0.15) is 5.10 Å². The Morgan fingerprint density at radius 1 is 1.22 bits per heavy atom. The van der Waals surface area contributed by atoms with Gasteiger partial charge >= 0.3 is 0 Å². The summed E-state index contributed by atoms with van der Waals surface area (Å²) in [5.74, 6) is 0.165. The van der Waals surface area contributed by atoms with Crippen LogP contribution in [0.25, 0.3) is 0 Å². The molecule has 1 amide bonds. The van der Waals surface area contributed by atoms with Crippen LogP contribution in [0, 0.1) is 0 Å². The number of ether oxygens (including phenoxy) is 1. The number of hydrogen-bond donors (Lipinski definition) is 0. The minimum absolute atomic E-state index is 0.161. The molecule has 0 aliphatic carbocycles. The molecule has 1 atom stereocenters. The normalized spacial score (nSPS) is 20.6. The van der Waals surface area contributed by atoms with Crippen LogP contribution in [-0.2, 0) is 9.53 Å². The maximum absolute atomic E-state index is 13.0. The molecule has 2 aliphatic heterocycles. The van der Waals surface area contributed by atoms with Crippen molar-refractivity contribution < 1.29 is 9.53 Å². The Morgan fingerprint density at radius 2 is 2.00 bits per heavy atom. The number of piperidine rings is 1. The van der Waals surface area contributed by atoms with Crippen LogP contribution in [-0.4, -0.2) is 64.0 Å². The van der Waals surface area contributed by atoms with E-state index in [1.54, 1.807) is 10.9 Å². The van der Waals surface area contributed by atoms with Crippen molar-refractivity contribution in [3.8, 4) is 0 Å². The van der Waals surface area contributed by atoms with E-state index in [1.807, 2.05) is 48.6 Å². The molecule has 0 radical (unpaired) electrons. The van der Waals surface area contributed by atoms with Crippen molar-refractivity contribution in [2.45, 2.75) is 37.8 Å². The van der Waals surface area contributed by atoms with Crippen molar-refractivity contribution in [2.75, 3.05) is 37.7 Å². The van der Waals surface area contributed by atoms with Crippen LogP contribution >= 0.6 is 0 Å². The summed E-state index contributed by atoms with van der Waals surface area (Å²) in [6.45, 7) is 6.00. The molecular formula is C20H27N5O2. The van der Waals surface area contributed by atoms with E-state index < -0.39 is 0 Å². The molecule has 7 nitrogen and oxygen atoms in total. The molecule has 7 heteroatoms. The summed E-state index contributed by atoms with van der Waals surface area (Å²) in [7, 11) is 0. The first-order chi connectivity index (χ1) is 13.2. The van der Waals surface area contributed by atoms with Crippen LogP contribution in [0.15, 0.2) is 43.0 Å². The number of rotatable bonds is 4. The van der Waals surface area contributed by atoms with E-state index in [0.717, 1.165) is 52.0 Å². The molecule has 2 saturated heterocycles. The van der Waals surface area contributed by atoms with Gasteiger partial charge in [-0.15, -0.1) is 0 Å². The first kappa shape index (κ1) is 18.0. The lowest BCUT2D eigenvalue weighted by atomic mass is 9.88. The first-order valence-electron chi connectivity index (χ1n) is 9.78. The van der Waals surface area contributed by atoms with E-state index in [-0.39, 0.29) is 17.6 Å². The van der Waals surface area contributed by atoms with Crippen molar-refractivity contribution in [3.63, 3.8) is 0 Å². The van der Waals surface area contributed by atoms with E-state index in [4.69, 9.17) is 4.74 Å². The SMILES string of the molecule is CCC(C(=O)N1CCC2(CC1)CN(c1ccncc1)CCO2)n1cccn1. The highest BCUT2D eigenvalue weighted by Crippen LogP contribution is 2.33. The summed E-state index contributed by atoms with van der Waals surface area (Å²) in [4.78, 5) is 21.5. The zero-order valence-corrected chi connectivity index (χ0v) is 15.8. The monoisotopic (exact) mass is 369 g/mol. The quantitative estimate of drug-likeness (QED) is 0.826. The second-order valence-corrected chi connectivity index (χ2v) is 7.39. The van der Waals surface area contributed by atoms with E-state index in [1.165, 1.54) is 5.69 Å². The molecule has 27 heavy (non-hydrogen) atoms. The predicted molar refractivity (Wildman–Crippen MR) is 103 cm³/mol. The van der Waals surface area contributed by atoms with Gasteiger partial charge in [0.15, 0.2) is 0 Å². The number of likely N-dealkylation sites (tertiary alicyclic amines) is 1. The van der Waals surface area contributed by atoms with Crippen LogP contribution in [0.3, 0.4) is 0 Å². The molecule has 2 aromatic heterocycles. The van der Waals surface area contributed by atoms with Crippen LogP contribution in [0.5, 0.6) is 0 Å². The van der Waals surface area contributed by atoms with Gasteiger partial charge in [-0.1, -0.05) is 6.92 Å². The number of amides is 1. The summed E-state index contributed by atoms with van der Waals surface area (Å²) >= 11 is 0. The molecule has 4 rings (SSSR count). The number of nitrogens with zero attached hydrogens (tertiary/aromatic N) is 5. The minimum atomic E-state index is -0.213. The summed E-state index contributed by atoms with van der Waals surface area (Å²) in [6, 6.07) is 5.75. The Kier molecular flexibility index (Phi) is 5.11. The second-order valence-electron chi connectivity index (χ2n) is 7.39. The molecule has 0 N–H and O–H groups in total. The second kappa shape index (κ2) is 7.68. The van der Waals surface area contributed by atoms with Gasteiger partial charge in [0.1, 0.15) is 6.04 Å². The third kappa shape index (κ3) is 3.69. The predicted octanol–water partition coefficient (Wildman–Crippen LogP) is 2.13. The topological polar surface area (TPSA) is 63.5 Å². The minimum Gasteiger partial charge on any atom is -0.371 e. The Bertz CT molecular complexity index is 741. The smallest absolute Gasteiger partial charge is 0.247 e. The average Bonchev–Trinajstić information content (AvgIpc) is 3.24. The highest BCUT2D eigenvalue weighted by Gasteiger charge is 2.41. The molecule has 144 valence electrons. The van der Waals surface area contributed by atoms with E-state index in [0.29, 0.717) is 0 Å². The molecule has 1 spiro atoms. The Balaban J connectivity index is 1.40. The fraction of sp³-hybridized carbons (Fsp3) is 0.550. The van der Waals surface area contributed by atoms with Crippen LogP contribution in [0.1, 0.15) is 32.2 Å². The third-order valence-electron chi connectivity index (χ3n) is 5.78. The summed E-state index contributed by atoms with van der Waals surface area (Å²) in [6.07, 6.45) is 9.75. The van der Waals surface area contributed by atoms with Gasteiger partial charge in [-0.05, 0) is 37.5 Å². The van der Waals surface area contributed by atoms with Crippen LogP contribution in [0.4, 0.5) is 5.69 Å². The van der Waals surface area contributed by atoms with E-state index >= 15 is 0 Å². The zero-order chi connectivity index (χ0) is 18.7. The van der Waals surface area contributed by atoms with Crippen molar-refractivity contribution in [1.29, 1.82) is 0 Å². The molecular weight excluding hydrogens is 342 g/mol. The zero-order valence-electron chi connectivity index (χ0n) is 15.8. The van der Waals surface area contributed by atoms with Crippen molar-refractivity contribution in [3.05, 3.63) is 43.0 Å². The lowest BCUT2D eigenvalue weighted by Crippen LogP contribution is -2.58. The Hall–Kier alpha value is -2.41. The largest absolute Gasteiger partial charge is 0.371 e. The number of aromatic nitrogens is 3. The van der Waals surface area contributed by atoms with Gasteiger partial charge < -0.3 is 14.5 Å². The first-order valence-corrected chi connectivity index (χ1v) is 9.78. The van der Waals surface area contributed by atoms with Gasteiger partial charge in [0.05, 0.1) is 12.2 Å². The summed E-state index contributed by atoms with van der Waals surface area (Å²) in [5.41, 5.74) is 1.03. The van der Waals surface area contributed by atoms with Gasteiger partial charge in [-0.3, -0.25) is 14.5 Å². The van der Waals surface area contributed by atoms with Gasteiger partial charge in [0.2, 0.25) is 5.91 Å².